The number of hydrogen-bond acceptors (Lipinski definition) is 8. The van der Waals surface area contributed by atoms with Crippen molar-refractivity contribution in [1.82, 2.24) is 15.5 Å². The van der Waals surface area contributed by atoms with E-state index in [0.29, 0.717) is 30.1 Å². The maximum Gasteiger partial charge on any atom is 0.335 e. The molecule has 0 aromatic heterocycles. The first kappa shape index (κ1) is 31.6. The Morgan fingerprint density at radius 3 is 1.88 bits per heavy atom. The normalized spacial score (nSPS) is 24.7. The molecule has 1 aliphatic heterocycles. The third-order valence-corrected chi connectivity index (χ3v) is 8.67. The first-order valence-electron chi connectivity index (χ1n) is 14.5. The highest BCUT2D eigenvalue weighted by molar-refractivity contribution is 5.86. The highest BCUT2D eigenvalue weighted by Gasteiger charge is 2.55. The molecule has 3 fully saturated rings. The van der Waals surface area contributed by atoms with Gasteiger partial charge in [0.05, 0.1) is 6.67 Å². The van der Waals surface area contributed by atoms with Crippen LogP contribution >= 0.6 is 0 Å². The molecule has 2 aliphatic carbocycles. The van der Waals surface area contributed by atoms with E-state index in [-0.39, 0.29) is 11.8 Å². The number of benzene rings is 2. The highest BCUT2D eigenvalue weighted by atomic mass is 16.4. The maximum absolute atomic E-state index is 13.3. The van der Waals surface area contributed by atoms with Crippen LogP contribution in [0.15, 0.2) is 60.7 Å². The first-order valence-corrected chi connectivity index (χ1v) is 14.5. The summed E-state index contributed by atoms with van der Waals surface area (Å²) in [4.78, 5) is 35.3. The van der Waals surface area contributed by atoms with Gasteiger partial charge in [0.25, 0.3) is 5.91 Å². The third kappa shape index (κ3) is 7.53. The number of piperidine rings is 1. The second kappa shape index (κ2) is 14.2. The summed E-state index contributed by atoms with van der Waals surface area (Å²) in [5, 5.41) is 50.7. The largest absolute Gasteiger partial charge is 0.479 e. The summed E-state index contributed by atoms with van der Waals surface area (Å²) in [7, 11) is 0. The number of hydrogen-bond donors (Lipinski definition) is 7. The Kier molecular flexibility index (Phi) is 10.7. The van der Waals surface area contributed by atoms with Gasteiger partial charge in [0.1, 0.15) is 0 Å². The predicted molar refractivity (Wildman–Crippen MR) is 153 cm³/mol. The van der Waals surface area contributed by atoms with Crippen LogP contribution in [0.5, 0.6) is 0 Å². The van der Waals surface area contributed by atoms with E-state index >= 15 is 0 Å². The number of aliphatic hydroxyl groups excluding tert-OH is 2. The lowest BCUT2D eigenvalue weighted by atomic mass is 9.73. The van der Waals surface area contributed by atoms with Crippen molar-refractivity contribution >= 4 is 17.8 Å². The Hall–Kier alpha value is -3.35. The first-order chi connectivity index (χ1) is 20.1. The molecule has 1 amide bonds. The minimum absolute atomic E-state index is 0.0227. The third-order valence-electron chi connectivity index (χ3n) is 8.67. The summed E-state index contributed by atoms with van der Waals surface area (Å²) in [6.07, 6.45) is 0.616. The number of carboxylic acids is 2. The van der Waals surface area contributed by atoms with Crippen LogP contribution in [0.25, 0.3) is 0 Å². The van der Waals surface area contributed by atoms with Crippen molar-refractivity contribution in [2.45, 2.75) is 62.5 Å². The number of aliphatic hydroxyl groups is 3. The molecule has 2 aromatic carbocycles. The molecule has 11 heteroatoms. The Balaban J connectivity index is 0.000000349. The molecule has 1 heterocycles. The Bertz CT molecular complexity index is 1160. The quantitative estimate of drug-likeness (QED) is 0.190. The fourth-order valence-electron chi connectivity index (χ4n) is 6.31. The number of rotatable bonds is 11. The van der Waals surface area contributed by atoms with Crippen molar-refractivity contribution in [2.24, 2.45) is 17.8 Å². The average Bonchev–Trinajstić information content (AvgIpc) is 3.46. The van der Waals surface area contributed by atoms with E-state index in [1.165, 1.54) is 12.0 Å². The van der Waals surface area contributed by atoms with Crippen LogP contribution in [0.4, 0.5) is 0 Å². The number of nitrogens with zero attached hydrogens (tertiary/aromatic N) is 1. The molecule has 11 nitrogen and oxygen atoms in total. The van der Waals surface area contributed by atoms with E-state index in [1.807, 2.05) is 30.3 Å². The monoisotopic (exact) mass is 583 g/mol. The van der Waals surface area contributed by atoms with E-state index < -0.39 is 29.7 Å². The van der Waals surface area contributed by atoms with Gasteiger partial charge in [-0.1, -0.05) is 79.9 Å². The van der Waals surface area contributed by atoms with Crippen molar-refractivity contribution in [2.75, 3.05) is 19.8 Å². The van der Waals surface area contributed by atoms with Crippen molar-refractivity contribution in [1.29, 1.82) is 0 Å². The van der Waals surface area contributed by atoms with Crippen molar-refractivity contribution in [3.63, 3.8) is 0 Å². The van der Waals surface area contributed by atoms with Crippen LogP contribution in [-0.2, 0) is 26.5 Å². The van der Waals surface area contributed by atoms with Gasteiger partial charge < -0.3 is 30.8 Å². The van der Waals surface area contributed by atoms with Gasteiger partial charge in [-0.25, -0.2) is 9.59 Å². The molecule has 6 atom stereocenters. The SMILES string of the molecule is O=C(NCNC1[C@H]2CN(Cc3ccccc3)C[C@@H]12)[C@](O)(c1ccccc1)C1CCCCC1.O=C(O)[C@H](O)[C@@H](O)C(=O)O. The van der Waals surface area contributed by atoms with Crippen LogP contribution in [0.1, 0.15) is 43.2 Å². The van der Waals surface area contributed by atoms with Gasteiger partial charge in [0.15, 0.2) is 17.8 Å². The summed E-state index contributed by atoms with van der Waals surface area (Å²) in [5.74, 6) is -2.49. The zero-order valence-electron chi connectivity index (χ0n) is 23.5. The molecule has 1 saturated heterocycles. The van der Waals surface area contributed by atoms with E-state index in [2.05, 4.69) is 45.9 Å². The van der Waals surface area contributed by atoms with Gasteiger partial charge in [-0.05, 0) is 35.8 Å². The molecule has 3 aliphatic rings. The summed E-state index contributed by atoms with van der Waals surface area (Å²) in [5.41, 5.74) is 0.632. The zero-order valence-corrected chi connectivity index (χ0v) is 23.5. The number of nitrogens with one attached hydrogen (secondary N) is 2. The molecule has 2 aromatic rings. The van der Waals surface area contributed by atoms with E-state index in [9.17, 15) is 19.5 Å². The standard InChI is InChI=1S/C27H35N3O2.C4H6O6/c31-26(27(32,21-12-6-2-7-13-21)22-14-8-3-9-15-22)29-19-28-25-23-17-30(18-24(23)25)16-20-10-4-1-5-11-20;5-1(3(7)8)2(6)4(9)10/h1-2,4-7,10-13,22-25,28,32H,3,8-9,14-19H2,(H,29,31);1-2,5-6H,(H,7,8)(H,9,10)/t23-,24+,25?,27-;1-,2-/m01/s1. The molecule has 42 heavy (non-hydrogen) atoms. The van der Waals surface area contributed by atoms with Crippen LogP contribution in [0, 0.1) is 17.8 Å². The second-order valence-electron chi connectivity index (χ2n) is 11.5. The van der Waals surface area contributed by atoms with Gasteiger partial charge in [0.2, 0.25) is 0 Å². The molecule has 1 unspecified atom stereocenters. The number of fused-ring (bicyclic) bond motifs is 1. The number of carboxylic acid groups (broad SMARTS) is 2. The summed E-state index contributed by atoms with van der Waals surface area (Å²) in [6.45, 7) is 3.66. The smallest absolute Gasteiger partial charge is 0.335 e. The number of carbonyl (C=O) groups is 3. The number of likely N-dealkylation sites (tertiary alicyclic amines) is 1. The summed E-state index contributed by atoms with van der Waals surface area (Å²) < 4.78 is 0. The van der Waals surface area contributed by atoms with E-state index in [4.69, 9.17) is 20.4 Å². The van der Waals surface area contributed by atoms with Gasteiger partial charge >= 0.3 is 11.9 Å². The Morgan fingerprint density at radius 2 is 1.36 bits per heavy atom. The minimum Gasteiger partial charge on any atom is -0.479 e. The van der Waals surface area contributed by atoms with Crippen LogP contribution in [0.3, 0.4) is 0 Å². The van der Waals surface area contributed by atoms with Gasteiger partial charge in [-0.2, -0.15) is 0 Å². The topological polar surface area (TPSA) is 180 Å². The van der Waals surface area contributed by atoms with Gasteiger partial charge in [-0.3, -0.25) is 15.0 Å². The fraction of sp³-hybridized carbons (Fsp3) is 0.516. The lowest BCUT2D eigenvalue weighted by molar-refractivity contribution is -0.165. The number of amides is 1. The number of carbonyl (C=O) groups excluding carboxylic acids is 1. The minimum atomic E-state index is -2.27. The molecule has 0 bridgehead atoms. The van der Waals surface area contributed by atoms with Crippen LogP contribution < -0.4 is 10.6 Å². The summed E-state index contributed by atoms with van der Waals surface area (Å²) >= 11 is 0. The van der Waals surface area contributed by atoms with Gasteiger partial charge in [-0.15, -0.1) is 0 Å². The number of aliphatic carboxylic acids is 2. The van der Waals surface area contributed by atoms with Gasteiger partial charge in [0, 0.05) is 31.6 Å². The lowest BCUT2D eigenvalue weighted by Crippen LogP contribution is -2.52. The van der Waals surface area contributed by atoms with E-state index in [1.54, 1.807) is 0 Å². The summed E-state index contributed by atoms with van der Waals surface area (Å²) in [6, 6.07) is 20.6. The molecular formula is C31H41N3O8. The molecule has 7 N–H and O–H groups in total. The lowest BCUT2D eigenvalue weighted by Gasteiger charge is -2.37. The molecule has 0 spiro atoms. The van der Waals surface area contributed by atoms with Crippen LogP contribution in [-0.4, -0.2) is 86.3 Å². The highest BCUT2D eigenvalue weighted by Crippen LogP contribution is 2.45. The second-order valence-corrected chi connectivity index (χ2v) is 11.5. The predicted octanol–water partition coefficient (Wildman–Crippen LogP) is 1.13. The fourth-order valence-corrected chi connectivity index (χ4v) is 6.31. The van der Waals surface area contributed by atoms with E-state index in [0.717, 1.165) is 45.3 Å². The molecule has 228 valence electrons. The average molecular weight is 584 g/mol. The maximum atomic E-state index is 13.3. The molecular weight excluding hydrogens is 542 g/mol. The molecule has 5 rings (SSSR count). The van der Waals surface area contributed by atoms with Crippen molar-refractivity contribution < 1.29 is 39.9 Å². The Labute approximate surface area is 245 Å². The van der Waals surface area contributed by atoms with Crippen molar-refractivity contribution in [3.8, 4) is 0 Å². The van der Waals surface area contributed by atoms with Crippen LogP contribution in [0.2, 0.25) is 0 Å². The zero-order chi connectivity index (χ0) is 30.3. The Morgan fingerprint density at radius 1 is 0.833 bits per heavy atom. The molecule has 2 saturated carbocycles. The van der Waals surface area contributed by atoms with Crippen molar-refractivity contribution in [3.05, 3.63) is 71.8 Å². The molecule has 0 radical (unpaired) electrons.